The van der Waals surface area contributed by atoms with Gasteiger partial charge in [0.15, 0.2) is 6.10 Å². The van der Waals surface area contributed by atoms with Crippen LogP contribution in [0.25, 0.3) is 6.08 Å². The summed E-state index contributed by atoms with van der Waals surface area (Å²) in [5.74, 6) is -1.25. The van der Waals surface area contributed by atoms with Crippen molar-refractivity contribution in [3.8, 4) is 0 Å². The number of hydrogen-bond acceptors (Lipinski definition) is 4. The summed E-state index contributed by atoms with van der Waals surface area (Å²) in [6, 6.07) is 16.4. The number of carbonyl (C=O) groups excluding carboxylic acids is 3. The topological polar surface area (TPSA) is 75.7 Å². The summed E-state index contributed by atoms with van der Waals surface area (Å²) in [6.45, 7) is 2.48. The molecule has 1 aliphatic rings. The maximum atomic E-state index is 12.5. The van der Waals surface area contributed by atoms with Gasteiger partial charge < -0.3 is 15.0 Å². The molecule has 1 unspecified atom stereocenters. The third-order valence-electron chi connectivity index (χ3n) is 5.11. The van der Waals surface area contributed by atoms with Crippen molar-refractivity contribution in [2.24, 2.45) is 5.92 Å². The molecule has 2 aromatic carbocycles. The second-order valence-electron chi connectivity index (χ2n) is 7.42. The van der Waals surface area contributed by atoms with Crippen molar-refractivity contribution in [1.29, 1.82) is 0 Å². The maximum Gasteiger partial charge on any atom is 0.309 e. The standard InChI is InChI=1S/C24H25ClN2O4/c1-17(23(29)26-21-9-5-8-20(25)16-21)31-24(30)19-12-14-27(15-13-19)22(28)11-10-18-6-3-2-4-7-18/h2-11,16-17,19H,12-15H2,1H3,(H,26,29)/b11-10+. The van der Waals surface area contributed by atoms with Crippen LogP contribution in [0.2, 0.25) is 5.02 Å². The number of nitrogens with one attached hydrogen (secondary N) is 1. The summed E-state index contributed by atoms with van der Waals surface area (Å²) < 4.78 is 5.35. The largest absolute Gasteiger partial charge is 0.452 e. The monoisotopic (exact) mass is 440 g/mol. The van der Waals surface area contributed by atoms with Crippen LogP contribution in [-0.2, 0) is 19.1 Å². The molecule has 7 heteroatoms. The Hall–Kier alpha value is -3.12. The number of carbonyl (C=O) groups is 3. The van der Waals surface area contributed by atoms with Crippen LogP contribution in [0.4, 0.5) is 5.69 Å². The molecule has 3 rings (SSSR count). The molecule has 1 saturated heterocycles. The molecule has 1 fully saturated rings. The zero-order valence-corrected chi connectivity index (χ0v) is 18.0. The van der Waals surface area contributed by atoms with Crippen LogP contribution >= 0.6 is 11.6 Å². The van der Waals surface area contributed by atoms with E-state index in [1.54, 1.807) is 41.3 Å². The minimum absolute atomic E-state index is 0.0788. The Labute approximate surface area is 186 Å². The minimum atomic E-state index is -0.931. The number of nitrogens with zero attached hydrogens (tertiary/aromatic N) is 1. The smallest absolute Gasteiger partial charge is 0.309 e. The number of piperidine rings is 1. The number of benzene rings is 2. The van der Waals surface area contributed by atoms with Crippen molar-refractivity contribution in [2.75, 3.05) is 18.4 Å². The average molecular weight is 441 g/mol. The van der Waals surface area contributed by atoms with Crippen LogP contribution in [0.1, 0.15) is 25.3 Å². The predicted molar refractivity (Wildman–Crippen MR) is 120 cm³/mol. The Kier molecular flexibility index (Phi) is 7.84. The van der Waals surface area contributed by atoms with E-state index >= 15 is 0 Å². The normalized spacial score (nSPS) is 15.5. The SMILES string of the molecule is CC(OC(=O)C1CCN(C(=O)/C=C/c2ccccc2)CC1)C(=O)Nc1cccc(Cl)c1. The first-order chi connectivity index (χ1) is 14.9. The lowest BCUT2D eigenvalue weighted by atomic mass is 9.97. The molecule has 31 heavy (non-hydrogen) atoms. The molecule has 1 atom stereocenters. The Bertz CT molecular complexity index is 953. The van der Waals surface area contributed by atoms with E-state index < -0.39 is 18.0 Å². The van der Waals surface area contributed by atoms with Gasteiger partial charge in [0, 0.05) is 29.9 Å². The zero-order valence-electron chi connectivity index (χ0n) is 17.3. The van der Waals surface area contributed by atoms with Crippen molar-refractivity contribution >= 4 is 41.1 Å². The highest BCUT2D eigenvalue weighted by Gasteiger charge is 2.30. The van der Waals surface area contributed by atoms with Gasteiger partial charge >= 0.3 is 5.97 Å². The van der Waals surface area contributed by atoms with Gasteiger partial charge in [-0.2, -0.15) is 0 Å². The van der Waals surface area contributed by atoms with Gasteiger partial charge in [0.05, 0.1) is 5.92 Å². The van der Waals surface area contributed by atoms with E-state index in [0.29, 0.717) is 36.6 Å². The van der Waals surface area contributed by atoms with Gasteiger partial charge in [-0.15, -0.1) is 0 Å². The second-order valence-corrected chi connectivity index (χ2v) is 7.86. The van der Waals surface area contributed by atoms with Crippen molar-refractivity contribution in [1.82, 2.24) is 4.90 Å². The summed E-state index contributed by atoms with van der Waals surface area (Å²) in [4.78, 5) is 38.8. The number of esters is 1. The molecule has 0 radical (unpaired) electrons. The Balaban J connectivity index is 1.44. The Morgan fingerprint density at radius 2 is 1.81 bits per heavy atom. The lowest BCUT2D eigenvalue weighted by Gasteiger charge is -2.30. The summed E-state index contributed by atoms with van der Waals surface area (Å²) in [7, 11) is 0. The number of ether oxygens (including phenoxy) is 1. The van der Waals surface area contributed by atoms with Crippen LogP contribution in [0.3, 0.4) is 0 Å². The molecule has 1 heterocycles. The lowest BCUT2D eigenvalue weighted by molar-refractivity contribution is -0.159. The van der Waals surface area contributed by atoms with Gasteiger partial charge in [0.25, 0.3) is 5.91 Å². The number of rotatable bonds is 6. The molecular formula is C24H25ClN2O4. The van der Waals surface area contributed by atoms with Crippen molar-refractivity contribution in [3.63, 3.8) is 0 Å². The van der Waals surface area contributed by atoms with E-state index in [4.69, 9.17) is 16.3 Å². The average Bonchev–Trinajstić information content (AvgIpc) is 2.78. The van der Waals surface area contributed by atoms with Gasteiger partial charge in [-0.25, -0.2) is 0 Å². The first kappa shape index (κ1) is 22.6. The molecule has 0 saturated carbocycles. The van der Waals surface area contributed by atoms with Crippen molar-refractivity contribution in [2.45, 2.75) is 25.9 Å². The molecule has 2 aromatic rings. The van der Waals surface area contributed by atoms with Gasteiger partial charge in [-0.3, -0.25) is 14.4 Å². The summed E-state index contributed by atoms with van der Waals surface area (Å²) in [5, 5.41) is 3.18. The summed E-state index contributed by atoms with van der Waals surface area (Å²) in [6.07, 6.45) is 3.41. The van der Waals surface area contributed by atoms with E-state index in [9.17, 15) is 14.4 Å². The maximum absolute atomic E-state index is 12.5. The molecule has 1 N–H and O–H groups in total. The predicted octanol–water partition coefficient (Wildman–Crippen LogP) is 4.16. The minimum Gasteiger partial charge on any atom is -0.452 e. The fourth-order valence-corrected chi connectivity index (χ4v) is 3.50. The first-order valence-electron chi connectivity index (χ1n) is 10.2. The van der Waals surface area contributed by atoms with Crippen LogP contribution in [0.5, 0.6) is 0 Å². The van der Waals surface area contributed by atoms with Gasteiger partial charge in [-0.1, -0.05) is 48.0 Å². The zero-order chi connectivity index (χ0) is 22.2. The number of hydrogen-bond donors (Lipinski definition) is 1. The van der Waals surface area contributed by atoms with Gasteiger partial charge in [-0.05, 0) is 49.6 Å². The number of anilines is 1. The highest BCUT2D eigenvalue weighted by atomic mass is 35.5. The van der Waals surface area contributed by atoms with E-state index in [1.807, 2.05) is 30.3 Å². The Morgan fingerprint density at radius 3 is 2.48 bits per heavy atom. The fourth-order valence-electron chi connectivity index (χ4n) is 3.31. The van der Waals surface area contributed by atoms with Gasteiger partial charge in [0.2, 0.25) is 5.91 Å². The van der Waals surface area contributed by atoms with E-state index in [2.05, 4.69) is 5.32 Å². The van der Waals surface area contributed by atoms with Crippen LogP contribution in [0, 0.1) is 5.92 Å². The molecule has 0 bridgehead atoms. The van der Waals surface area contributed by atoms with Crippen LogP contribution < -0.4 is 5.32 Å². The number of halogens is 1. The molecule has 0 spiro atoms. The molecule has 1 aliphatic heterocycles. The third-order valence-corrected chi connectivity index (χ3v) is 5.35. The molecule has 0 aliphatic carbocycles. The van der Waals surface area contributed by atoms with E-state index in [0.717, 1.165) is 5.56 Å². The molecule has 0 aromatic heterocycles. The molecule has 6 nitrogen and oxygen atoms in total. The van der Waals surface area contributed by atoms with Crippen molar-refractivity contribution in [3.05, 3.63) is 71.3 Å². The van der Waals surface area contributed by atoms with E-state index in [1.165, 1.54) is 6.92 Å². The fraction of sp³-hybridized carbons (Fsp3) is 0.292. The highest BCUT2D eigenvalue weighted by Crippen LogP contribution is 2.20. The first-order valence-corrected chi connectivity index (χ1v) is 10.6. The highest BCUT2D eigenvalue weighted by molar-refractivity contribution is 6.30. The summed E-state index contributed by atoms with van der Waals surface area (Å²) in [5.41, 5.74) is 1.50. The number of amides is 2. The quantitative estimate of drug-likeness (QED) is 0.540. The second kappa shape index (κ2) is 10.8. The Morgan fingerprint density at radius 1 is 1.10 bits per heavy atom. The molecular weight excluding hydrogens is 416 g/mol. The lowest BCUT2D eigenvalue weighted by Crippen LogP contribution is -2.41. The van der Waals surface area contributed by atoms with Crippen LogP contribution in [0.15, 0.2) is 60.7 Å². The molecule has 162 valence electrons. The van der Waals surface area contributed by atoms with Gasteiger partial charge in [0.1, 0.15) is 0 Å². The van der Waals surface area contributed by atoms with Crippen molar-refractivity contribution < 1.29 is 19.1 Å². The molecule has 2 amide bonds. The van der Waals surface area contributed by atoms with Crippen LogP contribution in [-0.4, -0.2) is 41.9 Å². The number of likely N-dealkylation sites (tertiary alicyclic amines) is 1. The van der Waals surface area contributed by atoms with E-state index in [-0.39, 0.29) is 11.8 Å². The summed E-state index contributed by atoms with van der Waals surface area (Å²) >= 11 is 5.91. The third kappa shape index (κ3) is 6.69.